The smallest absolute Gasteiger partial charge is 0.0859 e. The van der Waals surface area contributed by atoms with Gasteiger partial charge in [-0.05, 0) is 90.9 Å². The summed E-state index contributed by atoms with van der Waals surface area (Å²) < 4.78 is 2.68. The Kier molecular flexibility index (Phi) is 49.3. The predicted molar refractivity (Wildman–Crippen MR) is 295 cm³/mol. The third-order valence-electron chi connectivity index (χ3n) is 16.7. The molecule has 2 nitrogen and oxygen atoms in total. The first-order chi connectivity index (χ1) is 31.3. The molecule has 0 aromatic rings. The van der Waals surface area contributed by atoms with E-state index in [2.05, 4.69) is 55.6 Å². The number of hydrogen-bond donors (Lipinski definition) is 0. The van der Waals surface area contributed by atoms with Crippen LogP contribution in [0.4, 0.5) is 0 Å². The summed E-state index contributed by atoms with van der Waals surface area (Å²) >= 11 is 0. The normalized spacial score (nSPS) is 14.8. The van der Waals surface area contributed by atoms with Crippen molar-refractivity contribution in [2.45, 2.75) is 362 Å². The molecule has 0 rings (SSSR count). The van der Waals surface area contributed by atoms with Crippen LogP contribution >= 0.6 is 0 Å². The molecule has 0 saturated heterocycles. The zero-order valence-corrected chi connectivity index (χ0v) is 46.8. The molecule has 386 valence electrons. The summed E-state index contributed by atoms with van der Waals surface area (Å²) in [4.78, 5) is 0. The van der Waals surface area contributed by atoms with Crippen molar-refractivity contribution in [1.82, 2.24) is 0 Å². The molecule has 4 atom stereocenters. The maximum Gasteiger partial charge on any atom is 0.0859 e. The summed E-state index contributed by atoms with van der Waals surface area (Å²) in [6, 6.07) is 1.63. The van der Waals surface area contributed by atoms with Crippen LogP contribution < -0.4 is 0 Å². The van der Waals surface area contributed by atoms with E-state index in [0.717, 1.165) is 12.1 Å². The Bertz CT molecular complexity index is 801. The number of hydrogen-bond acceptors (Lipinski definition) is 0. The van der Waals surface area contributed by atoms with Crippen LogP contribution in [0.2, 0.25) is 0 Å². The highest BCUT2D eigenvalue weighted by Crippen LogP contribution is 2.25. The molecule has 0 saturated carbocycles. The quantitative estimate of drug-likeness (QED) is 0.0421. The van der Waals surface area contributed by atoms with Crippen molar-refractivity contribution < 1.29 is 8.97 Å². The minimum absolute atomic E-state index is 0.814. The third kappa shape index (κ3) is 40.9. The molecule has 0 radical (unpaired) electrons. The van der Waals surface area contributed by atoms with E-state index in [1.54, 1.807) is 0 Å². The minimum atomic E-state index is 0.814. The van der Waals surface area contributed by atoms with Gasteiger partial charge in [-0.25, -0.2) is 0 Å². The van der Waals surface area contributed by atoms with Gasteiger partial charge in [0.1, 0.15) is 0 Å². The van der Waals surface area contributed by atoms with Crippen LogP contribution in [0.5, 0.6) is 0 Å². The molecule has 0 aliphatic heterocycles. The van der Waals surface area contributed by atoms with Crippen molar-refractivity contribution in [3.05, 3.63) is 0 Å². The van der Waals surface area contributed by atoms with Gasteiger partial charge in [0, 0.05) is 0 Å². The molecule has 0 N–H and O–H groups in total. The van der Waals surface area contributed by atoms with Crippen molar-refractivity contribution >= 4 is 0 Å². The van der Waals surface area contributed by atoms with Crippen molar-refractivity contribution in [3.8, 4) is 0 Å². The molecule has 4 unspecified atom stereocenters. The second-order valence-electron chi connectivity index (χ2n) is 23.0. The van der Waals surface area contributed by atoms with Crippen LogP contribution in [-0.4, -0.2) is 61.3 Å². The lowest BCUT2D eigenvalue weighted by Crippen LogP contribution is -2.52. The first-order valence-corrected chi connectivity index (χ1v) is 31.0. The average Bonchev–Trinajstić information content (AvgIpc) is 3.29. The molecule has 0 aliphatic rings. The molecule has 0 spiro atoms. The first-order valence-electron chi connectivity index (χ1n) is 31.0. The Morgan fingerprint density at radius 2 is 0.344 bits per heavy atom. The molecule has 0 aromatic heterocycles. The van der Waals surface area contributed by atoms with Crippen LogP contribution in [0.25, 0.3) is 0 Å². The largest absolute Gasteiger partial charge is 0.324 e. The van der Waals surface area contributed by atoms with Crippen molar-refractivity contribution in [1.29, 1.82) is 0 Å². The van der Waals surface area contributed by atoms with E-state index in [-0.39, 0.29) is 0 Å². The number of rotatable bonds is 55. The highest BCUT2D eigenvalue weighted by Gasteiger charge is 2.29. The maximum absolute atomic E-state index is 2.65. The van der Waals surface area contributed by atoms with Gasteiger partial charge in [-0.3, -0.25) is 0 Å². The van der Waals surface area contributed by atoms with Crippen molar-refractivity contribution in [2.75, 3.05) is 40.3 Å². The number of nitrogens with zero attached hydrogens (tertiary/aromatic N) is 2. The van der Waals surface area contributed by atoms with E-state index in [0.29, 0.717) is 0 Å². The van der Waals surface area contributed by atoms with Crippen molar-refractivity contribution in [2.24, 2.45) is 0 Å². The molecule has 0 heterocycles. The van der Waals surface area contributed by atoms with E-state index in [9.17, 15) is 0 Å². The molecule has 0 aromatic carbocycles. The SMILES string of the molecule is CCCCCCCCCCCCCCCCCC[N+](C)(CCCCCCC)C(C)CCCCCCC(C)[N+](C)(CCCCCCC)CCCCCCCCCCCCCCCCCC. The van der Waals surface area contributed by atoms with E-state index < -0.39 is 0 Å². The van der Waals surface area contributed by atoms with Gasteiger partial charge in [-0.2, -0.15) is 0 Å². The lowest BCUT2D eigenvalue weighted by Gasteiger charge is -2.41. The highest BCUT2D eigenvalue weighted by atomic mass is 15.4. The van der Waals surface area contributed by atoms with Crippen LogP contribution in [0.15, 0.2) is 0 Å². The van der Waals surface area contributed by atoms with Gasteiger partial charge in [0.05, 0.1) is 52.4 Å². The topological polar surface area (TPSA) is 0 Å². The second-order valence-corrected chi connectivity index (χ2v) is 23.0. The second kappa shape index (κ2) is 49.3. The Morgan fingerprint density at radius 3 is 0.516 bits per heavy atom. The van der Waals surface area contributed by atoms with Crippen LogP contribution in [0, 0.1) is 0 Å². The first kappa shape index (κ1) is 63.9. The zero-order valence-electron chi connectivity index (χ0n) is 46.8. The van der Waals surface area contributed by atoms with Crippen LogP contribution in [0.3, 0.4) is 0 Å². The van der Waals surface area contributed by atoms with Gasteiger partial charge in [0.25, 0.3) is 0 Å². The van der Waals surface area contributed by atoms with Gasteiger partial charge in [0.2, 0.25) is 0 Å². The van der Waals surface area contributed by atoms with Crippen LogP contribution in [0.1, 0.15) is 350 Å². The van der Waals surface area contributed by atoms with E-state index >= 15 is 0 Å². The summed E-state index contributed by atoms with van der Waals surface area (Å²) in [6.07, 6.45) is 69.8. The molecule has 0 bridgehead atoms. The molecule has 0 aliphatic carbocycles. The fourth-order valence-electron chi connectivity index (χ4n) is 11.2. The average molecular weight is 904 g/mol. The molecule has 0 amide bonds. The molecule has 2 heteroatoms. The Hall–Kier alpha value is -0.0800. The summed E-state index contributed by atoms with van der Waals surface area (Å²) in [7, 11) is 5.30. The fourth-order valence-corrected chi connectivity index (χ4v) is 11.2. The molecular weight excluding hydrogens is 773 g/mol. The standard InChI is InChI=1S/C62H130N2/c1-9-13-17-21-23-25-27-29-31-33-35-37-39-41-47-53-59-63(7,57-51-45-19-15-11-3)61(5)55-49-43-44-50-56-62(6)64(8,58-52-46-20-16-12-4)60-54-48-42-40-38-36-34-32-30-28-26-24-22-18-14-10-2/h61-62H,9-60H2,1-8H3/q+2. The lowest BCUT2D eigenvalue weighted by atomic mass is 10.00. The third-order valence-corrected chi connectivity index (χ3v) is 16.7. The van der Waals surface area contributed by atoms with Gasteiger partial charge < -0.3 is 8.97 Å². The molecular formula is C62H130N2+2. The summed E-state index contributed by atoms with van der Waals surface area (Å²) in [6.45, 7) is 20.3. The summed E-state index contributed by atoms with van der Waals surface area (Å²) in [5.41, 5.74) is 0. The predicted octanol–water partition coefficient (Wildman–Crippen LogP) is 21.5. The van der Waals surface area contributed by atoms with E-state index in [4.69, 9.17) is 0 Å². The van der Waals surface area contributed by atoms with Gasteiger partial charge in [-0.15, -0.1) is 0 Å². The summed E-state index contributed by atoms with van der Waals surface area (Å²) in [5.74, 6) is 0. The minimum Gasteiger partial charge on any atom is -0.324 e. The number of unbranched alkanes of at least 4 members (excludes halogenated alkanes) is 41. The Morgan fingerprint density at radius 1 is 0.203 bits per heavy atom. The lowest BCUT2D eigenvalue weighted by molar-refractivity contribution is -0.932. The van der Waals surface area contributed by atoms with E-state index in [1.807, 2.05) is 0 Å². The monoisotopic (exact) mass is 903 g/mol. The van der Waals surface area contributed by atoms with Gasteiger partial charge in [0.15, 0.2) is 0 Å². The number of quaternary nitrogens is 2. The van der Waals surface area contributed by atoms with Crippen molar-refractivity contribution in [3.63, 3.8) is 0 Å². The highest BCUT2D eigenvalue weighted by molar-refractivity contribution is 4.61. The van der Waals surface area contributed by atoms with E-state index in [1.165, 1.54) is 343 Å². The Balaban J connectivity index is 4.51. The fraction of sp³-hybridized carbons (Fsp3) is 1.00. The van der Waals surface area contributed by atoms with Gasteiger partial charge >= 0.3 is 0 Å². The van der Waals surface area contributed by atoms with Crippen LogP contribution in [-0.2, 0) is 0 Å². The Labute approximate surface area is 409 Å². The molecule has 0 fully saturated rings. The maximum atomic E-state index is 2.65. The molecule has 64 heavy (non-hydrogen) atoms. The summed E-state index contributed by atoms with van der Waals surface area (Å²) in [5, 5.41) is 0. The van der Waals surface area contributed by atoms with Gasteiger partial charge in [-0.1, -0.05) is 259 Å². The zero-order chi connectivity index (χ0) is 46.9.